The van der Waals surface area contributed by atoms with Gasteiger partial charge in [-0.3, -0.25) is 0 Å². The quantitative estimate of drug-likeness (QED) is 0.480. The van der Waals surface area contributed by atoms with Crippen LogP contribution in [0.2, 0.25) is 5.02 Å². The van der Waals surface area contributed by atoms with Crippen LogP contribution in [0.1, 0.15) is 26.3 Å². The zero-order chi connectivity index (χ0) is 17.9. The van der Waals surface area contributed by atoms with Crippen molar-refractivity contribution in [3.8, 4) is 5.75 Å². The zero-order valence-corrected chi connectivity index (χ0v) is 15.2. The van der Waals surface area contributed by atoms with Gasteiger partial charge in [0.2, 0.25) is 0 Å². The van der Waals surface area contributed by atoms with Gasteiger partial charge in [0.05, 0.1) is 28.4 Å². The molecule has 0 saturated heterocycles. The minimum absolute atomic E-state index is 0.178. The number of rotatable bonds is 1. The molecule has 1 aliphatic rings. The third-order valence-electron chi connectivity index (χ3n) is 4.59. The first-order valence-electron chi connectivity index (χ1n) is 8.06. The molecule has 25 heavy (non-hydrogen) atoms. The molecule has 0 fully saturated rings. The fourth-order valence-corrected chi connectivity index (χ4v) is 4.00. The minimum Gasteiger partial charge on any atom is -0.494 e. The number of nitrogens with one attached hydrogen (secondary N) is 1. The van der Waals surface area contributed by atoms with Crippen molar-refractivity contribution in [2.45, 2.75) is 26.3 Å². The number of halogens is 1. The number of anilines is 1. The van der Waals surface area contributed by atoms with Crippen molar-refractivity contribution < 1.29 is 9.15 Å². The molecular formula is C20H18ClNO3. The second kappa shape index (κ2) is 5.27. The van der Waals surface area contributed by atoms with E-state index in [-0.39, 0.29) is 11.2 Å². The van der Waals surface area contributed by atoms with Crippen molar-refractivity contribution in [1.82, 2.24) is 0 Å². The highest BCUT2D eigenvalue weighted by Crippen LogP contribution is 2.42. The lowest BCUT2D eigenvalue weighted by atomic mass is 9.88. The molecule has 4 nitrogen and oxygen atoms in total. The summed E-state index contributed by atoms with van der Waals surface area (Å²) in [6.45, 7) is 6.20. The van der Waals surface area contributed by atoms with Crippen LogP contribution in [0, 0.1) is 0 Å². The van der Waals surface area contributed by atoms with Crippen molar-refractivity contribution in [2.75, 3.05) is 12.4 Å². The van der Waals surface area contributed by atoms with E-state index in [1.54, 1.807) is 19.2 Å². The molecule has 0 spiro atoms. The van der Waals surface area contributed by atoms with E-state index in [9.17, 15) is 4.79 Å². The summed E-state index contributed by atoms with van der Waals surface area (Å²) in [6, 6.07) is 7.29. The average molecular weight is 356 g/mol. The SMILES string of the molecule is COc1c(Cl)ccc2oc(=O)c3c4c(ccc3c12)NC(C)(C)C=C4C. The van der Waals surface area contributed by atoms with Gasteiger partial charge in [-0.05, 0) is 44.5 Å². The molecule has 1 aromatic heterocycles. The fourth-order valence-electron chi connectivity index (χ4n) is 3.76. The van der Waals surface area contributed by atoms with E-state index in [4.69, 9.17) is 20.8 Å². The maximum atomic E-state index is 12.8. The normalized spacial score (nSPS) is 15.6. The molecule has 0 unspecified atom stereocenters. The molecule has 0 aliphatic carbocycles. The van der Waals surface area contributed by atoms with Crippen LogP contribution in [0.3, 0.4) is 0 Å². The molecule has 3 aromatic rings. The fraction of sp³-hybridized carbons (Fsp3) is 0.250. The Labute approximate surface area is 150 Å². The summed E-state index contributed by atoms with van der Waals surface area (Å²) < 4.78 is 11.1. The second-order valence-electron chi connectivity index (χ2n) is 6.93. The van der Waals surface area contributed by atoms with Crippen LogP contribution in [0.4, 0.5) is 5.69 Å². The van der Waals surface area contributed by atoms with E-state index < -0.39 is 0 Å². The topological polar surface area (TPSA) is 51.5 Å². The van der Waals surface area contributed by atoms with E-state index in [1.165, 1.54) is 0 Å². The van der Waals surface area contributed by atoms with E-state index in [0.717, 1.165) is 22.2 Å². The summed E-state index contributed by atoms with van der Waals surface area (Å²) in [7, 11) is 1.56. The Morgan fingerprint density at radius 3 is 2.64 bits per heavy atom. The number of methoxy groups -OCH3 is 1. The van der Waals surface area contributed by atoms with Crippen molar-refractivity contribution >= 4 is 44.6 Å². The molecular weight excluding hydrogens is 338 g/mol. The Hall–Kier alpha value is -2.46. The number of allylic oxidation sites excluding steroid dienone is 1. The summed E-state index contributed by atoms with van der Waals surface area (Å²) in [5.41, 5.74) is 2.75. The molecule has 128 valence electrons. The highest BCUT2D eigenvalue weighted by atomic mass is 35.5. The number of fused-ring (bicyclic) bond motifs is 5. The lowest BCUT2D eigenvalue weighted by Gasteiger charge is -2.32. The third kappa shape index (κ3) is 2.32. The van der Waals surface area contributed by atoms with Gasteiger partial charge in [0.25, 0.3) is 0 Å². The summed E-state index contributed by atoms with van der Waals surface area (Å²) in [6.07, 6.45) is 2.12. The molecule has 2 aromatic carbocycles. The largest absolute Gasteiger partial charge is 0.494 e. The van der Waals surface area contributed by atoms with Crippen molar-refractivity contribution in [3.05, 3.63) is 51.3 Å². The lowest BCUT2D eigenvalue weighted by Crippen LogP contribution is -2.31. The Morgan fingerprint density at radius 2 is 1.92 bits per heavy atom. The summed E-state index contributed by atoms with van der Waals surface area (Å²) in [4.78, 5) is 12.8. The van der Waals surface area contributed by atoms with E-state index in [0.29, 0.717) is 27.1 Å². The number of ether oxygens (including phenoxy) is 1. The van der Waals surface area contributed by atoms with Crippen LogP contribution in [0.5, 0.6) is 5.75 Å². The van der Waals surface area contributed by atoms with Crippen LogP contribution in [-0.2, 0) is 0 Å². The van der Waals surface area contributed by atoms with Gasteiger partial charge in [-0.15, -0.1) is 0 Å². The predicted molar refractivity (Wildman–Crippen MR) is 103 cm³/mol. The molecule has 0 atom stereocenters. The van der Waals surface area contributed by atoms with Crippen LogP contribution in [0.15, 0.2) is 39.6 Å². The maximum absolute atomic E-state index is 12.8. The third-order valence-corrected chi connectivity index (χ3v) is 4.88. The standard InChI is InChI=1S/C20H18ClNO3/c1-10-9-20(2,3)22-13-7-5-11-16-14(8-6-12(21)18(16)24-4)25-19(23)17(11)15(10)13/h5-9,22H,1-4H3. The van der Waals surface area contributed by atoms with Crippen molar-refractivity contribution in [2.24, 2.45) is 0 Å². The smallest absolute Gasteiger partial charge is 0.344 e. The van der Waals surface area contributed by atoms with Gasteiger partial charge < -0.3 is 14.5 Å². The molecule has 0 amide bonds. The minimum atomic E-state index is -0.363. The van der Waals surface area contributed by atoms with Crippen LogP contribution < -0.4 is 15.7 Å². The highest BCUT2D eigenvalue weighted by molar-refractivity contribution is 6.34. The van der Waals surface area contributed by atoms with Crippen LogP contribution >= 0.6 is 11.6 Å². The lowest BCUT2D eigenvalue weighted by molar-refractivity contribution is 0.419. The molecule has 5 heteroatoms. The molecule has 4 rings (SSSR count). The first-order chi connectivity index (χ1) is 11.8. The molecule has 0 saturated carbocycles. The van der Waals surface area contributed by atoms with Gasteiger partial charge in [0.15, 0.2) is 0 Å². The highest BCUT2D eigenvalue weighted by Gasteiger charge is 2.26. The number of hydrogen-bond acceptors (Lipinski definition) is 4. The predicted octanol–water partition coefficient (Wildman–Crippen LogP) is 5.22. The van der Waals surface area contributed by atoms with Crippen molar-refractivity contribution in [3.63, 3.8) is 0 Å². The summed E-state index contributed by atoms with van der Waals surface area (Å²) in [5.74, 6) is 0.513. The van der Waals surface area contributed by atoms with E-state index in [2.05, 4.69) is 25.2 Å². The maximum Gasteiger partial charge on any atom is 0.344 e. The van der Waals surface area contributed by atoms with E-state index >= 15 is 0 Å². The second-order valence-corrected chi connectivity index (χ2v) is 7.34. The van der Waals surface area contributed by atoms with Gasteiger partial charge in [-0.2, -0.15) is 0 Å². The molecule has 1 aliphatic heterocycles. The van der Waals surface area contributed by atoms with Gasteiger partial charge in [-0.25, -0.2) is 4.79 Å². The average Bonchev–Trinajstić information content (AvgIpc) is 2.53. The Morgan fingerprint density at radius 1 is 1.16 bits per heavy atom. The van der Waals surface area contributed by atoms with E-state index in [1.807, 2.05) is 19.1 Å². The number of benzene rings is 2. The van der Waals surface area contributed by atoms with Gasteiger partial charge in [0.1, 0.15) is 11.3 Å². The zero-order valence-electron chi connectivity index (χ0n) is 14.5. The molecule has 1 N–H and O–H groups in total. The van der Waals surface area contributed by atoms with Crippen molar-refractivity contribution in [1.29, 1.82) is 0 Å². The summed E-state index contributed by atoms with van der Waals surface area (Å²) in [5, 5.41) is 5.97. The van der Waals surface area contributed by atoms with Gasteiger partial charge in [-0.1, -0.05) is 23.7 Å². The van der Waals surface area contributed by atoms with Crippen LogP contribution in [-0.4, -0.2) is 12.6 Å². The van der Waals surface area contributed by atoms with Gasteiger partial charge in [0, 0.05) is 16.6 Å². The number of hydrogen-bond donors (Lipinski definition) is 1. The molecule has 0 radical (unpaired) electrons. The molecule has 2 heterocycles. The first kappa shape index (κ1) is 16.0. The van der Waals surface area contributed by atoms with Crippen LogP contribution in [0.25, 0.3) is 27.3 Å². The Balaban J connectivity index is 2.22. The summed E-state index contributed by atoms with van der Waals surface area (Å²) >= 11 is 6.28. The Bertz CT molecular complexity index is 1130. The van der Waals surface area contributed by atoms with Gasteiger partial charge >= 0.3 is 5.63 Å². The molecule has 0 bridgehead atoms. The Kier molecular flexibility index (Phi) is 3.38. The monoisotopic (exact) mass is 355 g/mol. The first-order valence-corrected chi connectivity index (χ1v) is 8.44.